The van der Waals surface area contributed by atoms with Gasteiger partial charge in [0, 0.05) is 13.3 Å². The second-order valence-corrected chi connectivity index (χ2v) is 7.58. The van der Waals surface area contributed by atoms with Crippen LogP contribution in [-0.2, 0) is 33.4 Å². The molecule has 1 aliphatic rings. The number of aliphatic hydroxyl groups is 3. The van der Waals surface area contributed by atoms with E-state index < -0.39 is 85.5 Å². The first kappa shape index (κ1) is 28.5. The zero-order valence-electron chi connectivity index (χ0n) is 18.4. The largest absolute Gasteiger partial charge is 0.481 e. The fourth-order valence-electron chi connectivity index (χ4n) is 3.20. The van der Waals surface area contributed by atoms with Crippen LogP contribution in [-0.4, -0.2) is 111 Å². The number of carboxylic acids is 1. The van der Waals surface area contributed by atoms with Crippen molar-refractivity contribution < 1.29 is 53.9 Å². The van der Waals surface area contributed by atoms with E-state index in [2.05, 4.69) is 5.32 Å². The Bertz CT molecular complexity index is 734. The van der Waals surface area contributed by atoms with Crippen molar-refractivity contribution in [3.05, 3.63) is 0 Å². The number of amides is 3. The van der Waals surface area contributed by atoms with E-state index in [0.29, 0.717) is 4.90 Å². The molecule has 0 saturated carbocycles. The zero-order chi connectivity index (χ0) is 25.5. The average Bonchev–Trinajstić information content (AvgIpc) is 2.75. The number of nitrogens with zero attached hydrogens (tertiary/aromatic N) is 1. The Balaban J connectivity index is 2.85. The van der Waals surface area contributed by atoms with Crippen LogP contribution in [0.4, 0.5) is 0 Å². The van der Waals surface area contributed by atoms with Crippen molar-refractivity contribution in [2.75, 3.05) is 6.61 Å². The lowest BCUT2D eigenvalue weighted by atomic mass is 9.97. The van der Waals surface area contributed by atoms with Crippen molar-refractivity contribution in [3.63, 3.8) is 0 Å². The van der Waals surface area contributed by atoms with Gasteiger partial charge in [-0.25, -0.2) is 0 Å². The highest BCUT2D eigenvalue weighted by atomic mass is 16.6. The van der Waals surface area contributed by atoms with Crippen molar-refractivity contribution in [2.45, 2.75) is 82.4 Å². The molecule has 1 fully saturated rings. The highest BCUT2D eigenvalue weighted by Gasteiger charge is 2.45. The summed E-state index contributed by atoms with van der Waals surface area (Å²) in [5.74, 6) is -3.90. The molecule has 0 aromatic rings. The molecule has 0 aliphatic carbocycles. The molecule has 0 bridgehead atoms. The molecule has 0 aromatic carbocycles. The number of nitrogens with two attached hydrogens (primary N) is 1. The lowest BCUT2D eigenvalue weighted by Gasteiger charge is -2.41. The summed E-state index contributed by atoms with van der Waals surface area (Å²) in [5.41, 5.74) is 5.75. The molecule has 33 heavy (non-hydrogen) atoms. The van der Waals surface area contributed by atoms with Gasteiger partial charge in [-0.15, -0.1) is 0 Å². The summed E-state index contributed by atoms with van der Waals surface area (Å²) in [7, 11) is 0. The fraction of sp³-hybridized carbons (Fsp3) is 0.737. The monoisotopic (exact) mass is 476 g/mol. The van der Waals surface area contributed by atoms with E-state index in [-0.39, 0.29) is 6.42 Å². The SMILES string of the molecule is CC(=O)N(C(=O)[C@H](C)NC(=O)C(C)O[C@@H]1[C@@H](N)[C@@H](O)O[C@H](CO)[C@H]1O)[C@@H]([C]=O)CCC(=O)O. The number of imide groups is 1. The summed E-state index contributed by atoms with van der Waals surface area (Å²) < 4.78 is 10.4. The van der Waals surface area contributed by atoms with E-state index in [1.54, 1.807) is 0 Å². The van der Waals surface area contributed by atoms with E-state index in [9.17, 15) is 39.3 Å². The number of carbonyl (C=O) groups excluding carboxylic acids is 4. The lowest BCUT2D eigenvalue weighted by Crippen LogP contribution is -2.64. The van der Waals surface area contributed by atoms with Gasteiger partial charge < -0.3 is 41.0 Å². The topological polar surface area (TPSA) is 226 Å². The first-order valence-electron chi connectivity index (χ1n) is 10.1. The van der Waals surface area contributed by atoms with Crippen LogP contribution >= 0.6 is 0 Å². The summed E-state index contributed by atoms with van der Waals surface area (Å²) in [6, 6.07) is -4.02. The second kappa shape index (κ2) is 12.7. The molecule has 14 heteroatoms. The number of carboxylic acid groups (broad SMARTS) is 1. The predicted octanol–water partition coefficient (Wildman–Crippen LogP) is -3.62. The standard InChI is InChI=1S/C19H30N3O11/c1-8(18(30)22(10(3)25)11(6-23)4-5-13(26)27)21-17(29)9(2)32-16-14(20)19(31)33-12(7-24)15(16)28/h8-9,11-12,14-16,19,24,28,31H,4-5,7,20H2,1-3H3,(H,21,29)(H,26,27)/t8-,9?,11+,12+,14+,15+,16+,19-/m0/s1. The minimum absolute atomic E-state index is 0.349. The first-order valence-corrected chi connectivity index (χ1v) is 10.1. The van der Waals surface area contributed by atoms with Gasteiger partial charge in [0.25, 0.3) is 5.91 Å². The van der Waals surface area contributed by atoms with E-state index in [1.807, 2.05) is 0 Å². The minimum Gasteiger partial charge on any atom is -0.481 e. The summed E-state index contributed by atoms with van der Waals surface area (Å²) >= 11 is 0. The summed E-state index contributed by atoms with van der Waals surface area (Å²) in [6.45, 7) is 2.87. The molecule has 1 heterocycles. The molecule has 187 valence electrons. The van der Waals surface area contributed by atoms with Crippen LogP contribution in [0.3, 0.4) is 0 Å². The quantitative estimate of drug-likeness (QED) is 0.170. The summed E-state index contributed by atoms with van der Waals surface area (Å²) in [4.78, 5) is 59.6. The van der Waals surface area contributed by atoms with Crippen molar-refractivity contribution in [3.8, 4) is 0 Å². The number of carbonyl (C=O) groups is 4. The number of aliphatic hydroxyl groups excluding tert-OH is 3. The average molecular weight is 476 g/mol. The van der Waals surface area contributed by atoms with Gasteiger partial charge in [0.15, 0.2) is 6.29 Å². The minimum atomic E-state index is -1.57. The number of hydrogen-bond donors (Lipinski definition) is 6. The smallest absolute Gasteiger partial charge is 0.303 e. The Labute approximate surface area is 189 Å². The molecular weight excluding hydrogens is 446 g/mol. The number of aliphatic carboxylic acids is 1. The van der Waals surface area contributed by atoms with Crippen molar-refractivity contribution in [1.29, 1.82) is 0 Å². The molecule has 7 N–H and O–H groups in total. The Hall–Kier alpha value is -2.49. The molecule has 0 spiro atoms. The van der Waals surface area contributed by atoms with Crippen molar-refractivity contribution >= 4 is 30.0 Å². The number of hydrogen-bond acceptors (Lipinski definition) is 11. The van der Waals surface area contributed by atoms with Gasteiger partial charge in [-0.05, 0) is 20.3 Å². The van der Waals surface area contributed by atoms with Gasteiger partial charge in [-0.3, -0.25) is 28.9 Å². The summed E-state index contributed by atoms with van der Waals surface area (Å²) in [6.07, 6.45) is -6.21. The molecule has 1 rings (SSSR count). The predicted molar refractivity (Wildman–Crippen MR) is 108 cm³/mol. The van der Waals surface area contributed by atoms with Gasteiger partial charge in [0.05, 0.1) is 12.6 Å². The van der Waals surface area contributed by atoms with Crippen LogP contribution in [0.25, 0.3) is 0 Å². The van der Waals surface area contributed by atoms with Crippen LogP contribution in [0.2, 0.25) is 0 Å². The van der Waals surface area contributed by atoms with Crippen LogP contribution in [0, 0.1) is 0 Å². The maximum Gasteiger partial charge on any atom is 0.303 e. The molecule has 14 nitrogen and oxygen atoms in total. The van der Waals surface area contributed by atoms with Gasteiger partial charge in [-0.2, -0.15) is 0 Å². The van der Waals surface area contributed by atoms with E-state index in [4.69, 9.17) is 20.3 Å². The number of nitrogens with one attached hydrogen (secondary N) is 1. The first-order chi connectivity index (χ1) is 15.3. The van der Waals surface area contributed by atoms with E-state index >= 15 is 0 Å². The molecule has 0 aromatic heterocycles. The maximum atomic E-state index is 12.7. The highest BCUT2D eigenvalue weighted by molar-refractivity contribution is 6.00. The van der Waals surface area contributed by atoms with Crippen LogP contribution < -0.4 is 11.1 Å². The summed E-state index contributed by atoms with van der Waals surface area (Å²) in [5, 5.41) is 40.3. The Morgan fingerprint density at radius 3 is 2.33 bits per heavy atom. The molecule has 1 radical (unpaired) electrons. The third-order valence-electron chi connectivity index (χ3n) is 5.04. The molecule has 3 amide bonds. The third kappa shape index (κ3) is 7.52. The lowest BCUT2D eigenvalue weighted by molar-refractivity contribution is -0.261. The molecule has 1 unspecified atom stereocenters. The Morgan fingerprint density at radius 2 is 1.85 bits per heavy atom. The van der Waals surface area contributed by atoms with Gasteiger partial charge >= 0.3 is 5.97 Å². The van der Waals surface area contributed by atoms with E-state index in [0.717, 1.165) is 6.92 Å². The zero-order valence-corrected chi connectivity index (χ0v) is 18.4. The third-order valence-corrected chi connectivity index (χ3v) is 5.04. The van der Waals surface area contributed by atoms with Crippen molar-refractivity contribution in [1.82, 2.24) is 10.2 Å². The fourth-order valence-corrected chi connectivity index (χ4v) is 3.20. The van der Waals surface area contributed by atoms with Crippen molar-refractivity contribution in [2.24, 2.45) is 5.73 Å². The number of rotatable bonds is 11. The molecule has 1 saturated heterocycles. The normalized spacial score (nSPS) is 27.7. The van der Waals surface area contributed by atoms with Crippen LogP contribution in [0.1, 0.15) is 33.6 Å². The van der Waals surface area contributed by atoms with Gasteiger partial charge in [0.1, 0.15) is 36.5 Å². The molecular formula is C19H30N3O11. The van der Waals surface area contributed by atoms with Crippen LogP contribution in [0.15, 0.2) is 0 Å². The van der Waals surface area contributed by atoms with Crippen LogP contribution in [0.5, 0.6) is 0 Å². The second-order valence-electron chi connectivity index (χ2n) is 7.58. The van der Waals surface area contributed by atoms with Gasteiger partial charge in [0.2, 0.25) is 18.1 Å². The number of ether oxygens (including phenoxy) is 2. The van der Waals surface area contributed by atoms with E-state index in [1.165, 1.54) is 20.1 Å². The Morgan fingerprint density at radius 1 is 1.24 bits per heavy atom. The Kier molecular flexibility index (Phi) is 11.0. The molecule has 1 aliphatic heterocycles. The molecule has 8 atom stereocenters. The maximum absolute atomic E-state index is 12.7. The van der Waals surface area contributed by atoms with Gasteiger partial charge in [-0.1, -0.05) is 0 Å². The highest BCUT2D eigenvalue weighted by Crippen LogP contribution is 2.22.